The van der Waals surface area contributed by atoms with E-state index in [9.17, 15) is 4.79 Å². The second-order valence-electron chi connectivity index (χ2n) is 5.21. The molecule has 0 spiro atoms. The molecule has 0 aliphatic carbocycles. The second kappa shape index (κ2) is 7.14. The third kappa shape index (κ3) is 4.91. The van der Waals surface area contributed by atoms with Crippen LogP contribution in [0.3, 0.4) is 0 Å². The number of hydrogen-bond donors (Lipinski definition) is 2. The van der Waals surface area contributed by atoms with Gasteiger partial charge in [-0.25, -0.2) is 0 Å². The van der Waals surface area contributed by atoms with Crippen LogP contribution in [0, 0.1) is 12.8 Å². The number of nitrogens with one attached hydrogen (secondary N) is 1. The topological polar surface area (TPSA) is 64.3 Å². The predicted octanol–water partition coefficient (Wildman–Crippen LogP) is 1.99. The number of aryl methyl sites for hydroxylation is 1. The third-order valence-corrected chi connectivity index (χ3v) is 2.79. The Labute approximate surface area is 115 Å². The fourth-order valence-electron chi connectivity index (χ4n) is 1.68. The van der Waals surface area contributed by atoms with E-state index in [4.69, 9.17) is 10.5 Å². The van der Waals surface area contributed by atoms with Gasteiger partial charge < -0.3 is 15.8 Å². The van der Waals surface area contributed by atoms with E-state index in [1.54, 1.807) is 6.92 Å². The molecule has 0 aliphatic rings. The van der Waals surface area contributed by atoms with E-state index >= 15 is 0 Å². The highest BCUT2D eigenvalue weighted by Crippen LogP contribution is 2.20. The van der Waals surface area contributed by atoms with Crippen LogP contribution < -0.4 is 15.8 Å². The Balaban J connectivity index is 2.65. The normalized spacial score (nSPS) is 12.3. The fourth-order valence-corrected chi connectivity index (χ4v) is 1.68. The van der Waals surface area contributed by atoms with Crippen molar-refractivity contribution in [2.45, 2.75) is 40.3 Å². The summed E-state index contributed by atoms with van der Waals surface area (Å²) >= 11 is 0. The van der Waals surface area contributed by atoms with Gasteiger partial charge in [-0.3, -0.25) is 4.79 Å². The van der Waals surface area contributed by atoms with E-state index in [0.717, 1.165) is 11.1 Å². The van der Waals surface area contributed by atoms with Crippen LogP contribution in [0.1, 0.15) is 31.9 Å². The van der Waals surface area contributed by atoms with Crippen LogP contribution in [0.5, 0.6) is 5.75 Å². The Morgan fingerprint density at radius 3 is 2.63 bits per heavy atom. The van der Waals surface area contributed by atoms with Crippen molar-refractivity contribution in [3.05, 3.63) is 29.3 Å². The predicted molar refractivity (Wildman–Crippen MR) is 77.0 cm³/mol. The van der Waals surface area contributed by atoms with Gasteiger partial charge in [-0.1, -0.05) is 31.5 Å². The van der Waals surface area contributed by atoms with Crippen LogP contribution in [-0.2, 0) is 11.3 Å². The van der Waals surface area contributed by atoms with Crippen LogP contribution in [0.4, 0.5) is 0 Å². The summed E-state index contributed by atoms with van der Waals surface area (Å²) in [4.78, 5) is 11.9. The maximum Gasteiger partial charge on any atom is 0.260 e. The van der Waals surface area contributed by atoms with E-state index in [0.29, 0.717) is 24.8 Å². The Morgan fingerprint density at radius 2 is 2.05 bits per heavy atom. The zero-order chi connectivity index (χ0) is 14.4. The van der Waals surface area contributed by atoms with Crippen LogP contribution in [0.25, 0.3) is 0 Å². The maximum atomic E-state index is 11.9. The van der Waals surface area contributed by atoms with Crippen LogP contribution in [-0.4, -0.2) is 18.6 Å². The monoisotopic (exact) mass is 264 g/mol. The molecule has 1 aromatic carbocycles. The summed E-state index contributed by atoms with van der Waals surface area (Å²) < 4.78 is 5.69. The molecule has 0 bridgehead atoms. The highest BCUT2D eigenvalue weighted by atomic mass is 16.5. The Kier molecular flexibility index (Phi) is 5.83. The zero-order valence-electron chi connectivity index (χ0n) is 12.2. The summed E-state index contributed by atoms with van der Waals surface area (Å²) in [5.41, 5.74) is 7.74. The van der Waals surface area contributed by atoms with E-state index in [1.807, 2.05) is 25.1 Å². The van der Waals surface area contributed by atoms with Gasteiger partial charge in [0.15, 0.2) is 6.10 Å². The molecule has 3 N–H and O–H groups in total. The van der Waals surface area contributed by atoms with Gasteiger partial charge >= 0.3 is 0 Å². The third-order valence-electron chi connectivity index (χ3n) is 2.79. The van der Waals surface area contributed by atoms with E-state index in [2.05, 4.69) is 19.2 Å². The maximum absolute atomic E-state index is 11.9. The highest BCUT2D eigenvalue weighted by molar-refractivity contribution is 5.80. The number of carbonyl (C=O) groups excluding carboxylic acids is 1. The molecule has 0 fully saturated rings. The van der Waals surface area contributed by atoms with Crippen LogP contribution in [0.2, 0.25) is 0 Å². The van der Waals surface area contributed by atoms with Crippen LogP contribution in [0.15, 0.2) is 18.2 Å². The lowest BCUT2D eigenvalue weighted by Crippen LogP contribution is -2.38. The van der Waals surface area contributed by atoms with Crippen molar-refractivity contribution in [2.24, 2.45) is 11.7 Å². The smallest absolute Gasteiger partial charge is 0.260 e. The highest BCUT2D eigenvalue weighted by Gasteiger charge is 2.16. The fraction of sp³-hybridized carbons (Fsp3) is 0.533. The Bertz CT molecular complexity index is 430. The van der Waals surface area contributed by atoms with Crippen LogP contribution >= 0.6 is 0 Å². The van der Waals surface area contributed by atoms with Gasteiger partial charge in [-0.2, -0.15) is 0 Å². The molecule has 0 aromatic heterocycles. The first-order valence-corrected chi connectivity index (χ1v) is 6.68. The average Bonchev–Trinajstić information content (AvgIpc) is 2.37. The molecule has 1 rings (SSSR count). The van der Waals surface area contributed by atoms with Gasteiger partial charge in [0.05, 0.1) is 0 Å². The summed E-state index contributed by atoms with van der Waals surface area (Å²) in [6, 6.07) is 5.80. The summed E-state index contributed by atoms with van der Waals surface area (Å²) in [6.07, 6.45) is -0.522. The number of ether oxygens (including phenoxy) is 1. The molecule has 19 heavy (non-hydrogen) atoms. The second-order valence-corrected chi connectivity index (χ2v) is 5.21. The first-order valence-electron chi connectivity index (χ1n) is 6.68. The number of amides is 1. The molecular formula is C15H24N2O2. The largest absolute Gasteiger partial charge is 0.481 e. The summed E-state index contributed by atoms with van der Waals surface area (Å²) in [6.45, 7) is 8.91. The van der Waals surface area contributed by atoms with Crippen molar-refractivity contribution < 1.29 is 9.53 Å². The molecular weight excluding hydrogens is 240 g/mol. The summed E-state index contributed by atoms with van der Waals surface area (Å²) in [5, 5.41) is 2.86. The van der Waals surface area contributed by atoms with Crippen molar-refractivity contribution in [2.75, 3.05) is 6.54 Å². The summed E-state index contributed by atoms with van der Waals surface area (Å²) in [7, 11) is 0. The number of carbonyl (C=O) groups is 1. The summed E-state index contributed by atoms with van der Waals surface area (Å²) in [5.74, 6) is 1.01. The van der Waals surface area contributed by atoms with E-state index in [-0.39, 0.29) is 5.91 Å². The Morgan fingerprint density at radius 1 is 1.37 bits per heavy atom. The van der Waals surface area contributed by atoms with E-state index in [1.165, 1.54) is 0 Å². The van der Waals surface area contributed by atoms with Gasteiger partial charge in [0, 0.05) is 18.7 Å². The van der Waals surface area contributed by atoms with Crippen molar-refractivity contribution in [1.82, 2.24) is 5.32 Å². The first kappa shape index (κ1) is 15.5. The van der Waals surface area contributed by atoms with Crippen molar-refractivity contribution in [1.29, 1.82) is 0 Å². The van der Waals surface area contributed by atoms with E-state index < -0.39 is 6.10 Å². The minimum absolute atomic E-state index is 0.0998. The lowest BCUT2D eigenvalue weighted by Gasteiger charge is -2.18. The molecule has 1 atom stereocenters. The number of benzene rings is 1. The number of hydrogen-bond acceptors (Lipinski definition) is 3. The quantitative estimate of drug-likeness (QED) is 0.826. The molecule has 4 heteroatoms. The lowest BCUT2D eigenvalue weighted by atomic mass is 10.1. The number of rotatable bonds is 6. The molecule has 0 saturated heterocycles. The lowest BCUT2D eigenvalue weighted by molar-refractivity contribution is -0.127. The molecule has 4 nitrogen and oxygen atoms in total. The van der Waals surface area contributed by atoms with Gasteiger partial charge in [-0.15, -0.1) is 0 Å². The molecule has 1 aromatic rings. The standard InChI is InChI=1S/C15H24N2O2/c1-10(2)9-17-15(18)12(4)19-14-6-5-11(3)7-13(14)8-16/h5-7,10,12H,8-9,16H2,1-4H3,(H,17,18). The van der Waals surface area contributed by atoms with Gasteiger partial charge in [0.2, 0.25) is 0 Å². The van der Waals surface area contributed by atoms with Crippen molar-refractivity contribution >= 4 is 5.91 Å². The number of nitrogens with two attached hydrogens (primary N) is 1. The van der Waals surface area contributed by atoms with Crippen molar-refractivity contribution in [3.63, 3.8) is 0 Å². The SMILES string of the molecule is Cc1ccc(OC(C)C(=O)NCC(C)C)c(CN)c1. The van der Waals surface area contributed by atoms with Gasteiger partial charge in [-0.05, 0) is 25.8 Å². The first-order chi connectivity index (χ1) is 8.93. The molecule has 0 aliphatic heterocycles. The molecule has 1 unspecified atom stereocenters. The van der Waals surface area contributed by atoms with Gasteiger partial charge in [0.25, 0.3) is 5.91 Å². The van der Waals surface area contributed by atoms with Gasteiger partial charge in [0.1, 0.15) is 5.75 Å². The Hall–Kier alpha value is -1.55. The molecule has 106 valence electrons. The molecule has 0 saturated carbocycles. The zero-order valence-corrected chi connectivity index (χ0v) is 12.2. The van der Waals surface area contributed by atoms with Crippen molar-refractivity contribution in [3.8, 4) is 5.75 Å². The molecule has 0 radical (unpaired) electrons. The minimum atomic E-state index is -0.522. The molecule has 1 amide bonds. The minimum Gasteiger partial charge on any atom is -0.481 e. The molecule has 0 heterocycles. The average molecular weight is 264 g/mol.